The molecule has 0 atom stereocenters. The van der Waals surface area contributed by atoms with Crippen LogP contribution in [0.15, 0.2) is 12.4 Å². The molecular formula is C13H18N4O2. The molecule has 0 amide bonds. The fraction of sp³-hybridized carbons (Fsp3) is 0.462. The quantitative estimate of drug-likeness (QED) is 0.875. The number of hydrogen-bond donors (Lipinski definition) is 1. The highest BCUT2D eigenvalue weighted by atomic mass is 16.4. The van der Waals surface area contributed by atoms with E-state index in [-0.39, 0.29) is 6.42 Å². The summed E-state index contributed by atoms with van der Waals surface area (Å²) >= 11 is 0. The third-order valence-electron chi connectivity index (χ3n) is 3.33. The van der Waals surface area contributed by atoms with Crippen molar-refractivity contribution >= 4 is 5.97 Å². The molecule has 0 saturated carbocycles. The van der Waals surface area contributed by atoms with Gasteiger partial charge in [0.25, 0.3) is 0 Å². The Hall–Kier alpha value is -2.11. The summed E-state index contributed by atoms with van der Waals surface area (Å²) < 4.78 is 3.84. The summed E-state index contributed by atoms with van der Waals surface area (Å²) in [4.78, 5) is 15.1. The number of carbonyl (C=O) groups is 1. The molecule has 0 unspecified atom stereocenters. The van der Waals surface area contributed by atoms with Crippen molar-refractivity contribution in [1.82, 2.24) is 19.3 Å². The summed E-state index contributed by atoms with van der Waals surface area (Å²) in [7, 11) is 1.96. The molecular weight excluding hydrogens is 244 g/mol. The molecule has 0 aromatic carbocycles. The smallest absolute Gasteiger partial charge is 0.307 e. The molecule has 102 valence electrons. The molecule has 0 aliphatic heterocycles. The van der Waals surface area contributed by atoms with E-state index in [9.17, 15) is 4.79 Å². The van der Waals surface area contributed by atoms with E-state index < -0.39 is 5.97 Å². The highest BCUT2D eigenvalue weighted by Gasteiger charge is 2.14. The van der Waals surface area contributed by atoms with Crippen molar-refractivity contribution in [3.63, 3.8) is 0 Å². The minimum Gasteiger partial charge on any atom is -0.481 e. The van der Waals surface area contributed by atoms with Crippen LogP contribution in [-0.4, -0.2) is 30.4 Å². The molecule has 0 saturated heterocycles. The molecule has 0 bridgehead atoms. The lowest BCUT2D eigenvalue weighted by Gasteiger charge is -2.05. The second kappa shape index (κ2) is 5.26. The van der Waals surface area contributed by atoms with E-state index in [1.54, 1.807) is 6.20 Å². The van der Waals surface area contributed by atoms with Crippen LogP contribution < -0.4 is 0 Å². The van der Waals surface area contributed by atoms with Crippen LogP contribution in [0.1, 0.15) is 22.8 Å². The van der Waals surface area contributed by atoms with Gasteiger partial charge in [0.1, 0.15) is 5.82 Å². The van der Waals surface area contributed by atoms with Crippen molar-refractivity contribution in [2.45, 2.75) is 33.2 Å². The van der Waals surface area contributed by atoms with E-state index >= 15 is 0 Å². The maximum absolute atomic E-state index is 10.8. The minimum atomic E-state index is -0.824. The normalized spacial score (nSPS) is 10.9. The average Bonchev–Trinajstić information content (AvgIpc) is 2.85. The summed E-state index contributed by atoms with van der Waals surface area (Å²) in [6, 6.07) is 0. The van der Waals surface area contributed by atoms with Gasteiger partial charge < -0.3 is 9.67 Å². The van der Waals surface area contributed by atoms with Crippen LogP contribution in [-0.2, 0) is 31.2 Å². The molecule has 0 radical (unpaired) electrons. The topological polar surface area (TPSA) is 72.9 Å². The number of carboxylic acid groups (broad SMARTS) is 1. The molecule has 0 spiro atoms. The zero-order chi connectivity index (χ0) is 14.0. The van der Waals surface area contributed by atoms with Crippen molar-refractivity contribution in [3.05, 3.63) is 35.2 Å². The Morgan fingerprint density at radius 2 is 2.16 bits per heavy atom. The van der Waals surface area contributed by atoms with Gasteiger partial charge in [-0.3, -0.25) is 9.48 Å². The number of hydrogen-bond acceptors (Lipinski definition) is 3. The highest BCUT2D eigenvalue weighted by molar-refractivity contribution is 5.70. The fourth-order valence-electron chi connectivity index (χ4n) is 2.20. The molecule has 2 aromatic rings. The largest absolute Gasteiger partial charge is 0.481 e. The van der Waals surface area contributed by atoms with Gasteiger partial charge in [0.05, 0.1) is 12.1 Å². The van der Waals surface area contributed by atoms with Gasteiger partial charge in [0.15, 0.2) is 0 Å². The molecule has 2 aromatic heterocycles. The van der Waals surface area contributed by atoms with E-state index in [1.165, 1.54) is 0 Å². The molecule has 2 heterocycles. The standard InChI is InChI=1S/C13H18N4O2/c1-9-11(8-13(18)19)10(2)17(15-9)6-4-12-14-5-7-16(12)3/h5,7H,4,6,8H2,1-3H3,(H,18,19). The van der Waals surface area contributed by atoms with E-state index in [2.05, 4.69) is 10.1 Å². The Labute approximate surface area is 111 Å². The lowest BCUT2D eigenvalue weighted by molar-refractivity contribution is -0.136. The van der Waals surface area contributed by atoms with E-state index in [1.807, 2.05) is 36.3 Å². The van der Waals surface area contributed by atoms with Crippen molar-refractivity contribution < 1.29 is 9.90 Å². The second-order valence-electron chi connectivity index (χ2n) is 4.65. The summed E-state index contributed by atoms with van der Waals surface area (Å²) in [5.41, 5.74) is 2.53. The lowest BCUT2D eigenvalue weighted by Crippen LogP contribution is -2.09. The van der Waals surface area contributed by atoms with Crippen LogP contribution >= 0.6 is 0 Å². The molecule has 1 N–H and O–H groups in total. The van der Waals surface area contributed by atoms with E-state index in [0.29, 0.717) is 6.54 Å². The van der Waals surface area contributed by atoms with Crippen LogP contribution in [0.5, 0.6) is 0 Å². The number of aryl methyl sites for hydroxylation is 4. The zero-order valence-corrected chi connectivity index (χ0v) is 11.4. The first-order valence-corrected chi connectivity index (χ1v) is 6.20. The molecule has 0 aliphatic carbocycles. The number of aromatic nitrogens is 4. The van der Waals surface area contributed by atoms with Gasteiger partial charge in [-0.1, -0.05) is 0 Å². The summed E-state index contributed by atoms with van der Waals surface area (Å²) in [6.45, 7) is 4.47. The van der Waals surface area contributed by atoms with Gasteiger partial charge in [-0.15, -0.1) is 0 Å². The molecule has 19 heavy (non-hydrogen) atoms. The maximum atomic E-state index is 10.8. The minimum absolute atomic E-state index is 0.0278. The first kappa shape index (κ1) is 13.3. The van der Waals surface area contributed by atoms with Crippen molar-refractivity contribution in [2.24, 2.45) is 7.05 Å². The summed E-state index contributed by atoms with van der Waals surface area (Å²) in [5, 5.41) is 13.3. The first-order valence-electron chi connectivity index (χ1n) is 6.20. The Balaban J connectivity index is 2.13. The van der Waals surface area contributed by atoms with Crippen LogP contribution in [0, 0.1) is 13.8 Å². The summed E-state index contributed by atoms with van der Waals surface area (Å²) in [5.74, 6) is 0.169. The Kier molecular flexibility index (Phi) is 3.69. The van der Waals surface area contributed by atoms with Gasteiger partial charge in [-0.2, -0.15) is 5.10 Å². The fourth-order valence-corrected chi connectivity index (χ4v) is 2.20. The molecule has 6 heteroatoms. The van der Waals surface area contributed by atoms with Gasteiger partial charge in [-0.05, 0) is 13.8 Å². The van der Waals surface area contributed by atoms with Gasteiger partial charge >= 0.3 is 5.97 Å². The van der Waals surface area contributed by atoms with Gasteiger partial charge in [-0.25, -0.2) is 4.98 Å². The predicted octanol–water partition coefficient (Wildman–Crippen LogP) is 1.10. The summed E-state index contributed by atoms with van der Waals surface area (Å²) in [6.07, 6.45) is 4.48. The SMILES string of the molecule is Cc1nn(CCc2nccn2C)c(C)c1CC(=O)O. The van der Waals surface area contributed by atoms with E-state index in [0.717, 1.165) is 29.2 Å². The van der Waals surface area contributed by atoms with Crippen molar-refractivity contribution in [2.75, 3.05) is 0 Å². The van der Waals surface area contributed by atoms with Gasteiger partial charge in [0.2, 0.25) is 0 Å². The van der Waals surface area contributed by atoms with Crippen LogP contribution in [0.25, 0.3) is 0 Å². The Morgan fingerprint density at radius 3 is 2.74 bits per heavy atom. The van der Waals surface area contributed by atoms with E-state index in [4.69, 9.17) is 5.11 Å². The van der Waals surface area contributed by atoms with Crippen LogP contribution in [0.3, 0.4) is 0 Å². The molecule has 0 aliphatic rings. The number of rotatable bonds is 5. The number of carboxylic acids is 1. The Bertz CT molecular complexity index is 598. The molecule has 6 nitrogen and oxygen atoms in total. The van der Waals surface area contributed by atoms with Gasteiger partial charge in [0, 0.05) is 43.7 Å². The van der Waals surface area contributed by atoms with Crippen LogP contribution in [0.2, 0.25) is 0 Å². The monoisotopic (exact) mass is 262 g/mol. The van der Waals surface area contributed by atoms with Crippen LogP contribution in [0.4, 0.5) is 0 Å². The second-order valence-corrected chi connectivity index (χ2v) is 4.65. The number of imidazole rings is 1. The molecule has 2 rings (SSSR count). The first-order chi connectivity index (χ1) is 8.99. The third-order valence-corrected chi connectivity index (χ3v) is 3.33. The molecule has 0 fully saturated rings. The van der Waals surface area contributed by atoms with Crippen molar-refractivity contribution in [1.29, 1.82) is 0 Å². The number of aliphatic carboxylic acids is 1. The predicted molar refractivity (Wildman–Crippen MR) is 70.0 cm³/mol. The maximum Gasteiger partial charge on any atom is 0.307 e. The van der Waals surface area contributed by atoms with Crippen molar-refractivity contribution in [3.8, 4) is 0 Å². The zero-order valence-electron chi connectivity index (χ0n) is 11.4. The Morgan fingerprint density at radius 1 is 1.42 bits per heavy atom. The lowest BCUT2D eigenvalue weighted by atomic mass is 10.1. The average molecular weight is 262 g/mol. The third kappa shape index (κ3) is 2.83. The highest BCUT2D eigenvalue weighted by Crippen LogP contribution is 2.14. The number of nitrogens with zero attached hydrogens (tertiary/aromatic N) is 4.